The maximum atomic E-state index is 6.06. The van der Waals surface area contributed by atoms with Crippen molar-refractivity contribution < 1.29 is 4.74 Å². The molecule has 3 fully saturated rings. The van der Waals surface area contributed by atoms with E-state index in [0.717, 1.165) is 18.4 Å². The third kappa shape index (κ3) is 1.77. The van der Waals surface area contributed by atoms with Gasteiger partial charge in [0.1, 0.15) is 0 Å². The molecule has 0 aromatic carbocycles. The molecule has 1 heteroatoms. The molecule has 3 aliphatic rings. The summed E-state index contributed by atoms with van der Waals surface area (Å²) in [6.07, 6.45) is 10.4. The summed E-state index contributed by atoms with van der Waals surface area (Å²) in [6, 6.07) is 0. The van der Waals surface area contributed by atoms with E-state index in [1.807, 2.05) is 0 Å². The van der Waals surface area contributed by atoms with Crippen LogP contribution in [0.25, 0.3) is 0 Å². The van der Waals surface area contributed by atoms with Gasteiger partial charge < -0.3 is 4.74 Å². The molecular weight excluding hydrogens is 208 g/mol. The lowest BCUT2D eigenvalue weighted by atomic mass is 9.47. The number of hydrogen-bond acceptors (Lipinski definition) is 1. The van der Waals surface area contributed by atoms with Gasteiger partial charge in [0.2, 0.25) is 0 Å². The molecule has 1 nitrogen and oxygen atoms in total. The van der Waals surface area contributed by atoms with E-state index in [4.69, 9.17) is 4.74 Å². The van der Waals surface area contributed by atoms with Gasteiger partial charge in [0.15, 0.2) is 0 Å². The van der Waals surface area contributed by atoms with Gasteiger partial charge in [-0.1, -0.05) is 27.2 Å². The van der Waals surface area contributed by atoms with Gasteiger partial charge in [-0.15, -0.1) is 0 Å². The van der Waals surface area contributed by atoms with Crippen LogP contribution in [0.15, 0.2) is 0 Å². The molecule has 0 aromatic rings. The van der Waals surface area contributed by atoms with E-state index in [-0.39, 0.29) is 0 Å². The van der Waals surface area contributed by atoms with E-state index in [1.165, 1.54) is 44.9 Å². The van der Waals surface area contributed by atoms with Gasteiger partial charge in [-0.25, -0.2) is 0 Å². The third-order valence-corrected chi connectivity index (χ3v) is 6.30. The van der Waals surface area contributed by atoms with Crippen molar-refractivity contribution >= 4 is 0 Å². The summed E-state index contributed by atoms with van der Waals surface area (Å²) in [7, 11) is 0. The molecule has 2 aliphatic carbocycles. The summed E-state index contributed by atoms with van der Waals surface area (Å²) in [6.45, 7) is 8.63. The normalized spacial score (nSPS) is 49.2. The minimum atomic E-state index is 0.565. The smallest absolute Gasteiger partial charge is 0.0608 e. The predicted molar refractivity (Wildman–Crippen MR) is 70.9 cm³/mol. The third-order valence-electron chi connectivity index (χ3n) is 6.30. The zero-order chi connectivity index (χ0) is 12.1. The van der Waals surface area contributed by atoms with Crippen LogP contribution >= 0.6 is 0 Å². The average molecular weight is 236 g/mol. The van der Waals surface area contributed by atoms with Gasteiger partial charge in [0, 0.05) is 6.61 Å². The van der Waals surface area contributed by atoms with Gasteiger partial charge in [-0.05, 0) is 61.2 Å². The lowest BCUT2D eigenvalue weighted by molar-refractivity contribution is -0.163. The van der Waals surface area contributed by atoms with E-state index in [1.54, 1.807) is 0 Å². The molecule has 0 N–H and O–H groups in total. The van der Waals surface area contributed by atoms with Crippen molar-refractivity contribution in [3.8, 4) is 0 Å². The second-order valence-electron chi connectivity index (χ2n) is 7.64. The first kappa shape index (κ1) is 12.0. The van der Waals surface area contributed by atoms with Gasteiger partial charge in [0.25, 0.3) is 0 Å². The summed E-state index contributed by atoms with van der Waals surface area (Å²) < 4.78 is 6.06. The Morgan fingerprint density at radius 1 is 0.941 bits per heavy atom. The second-order valence-corrected chi connectivity index (χ2v) is 7.64. The van der Waals surface area contributed by atoms with Crippen molar-refractivity contribution in [2.24, 2.45) is 22.7 Å². The summed E-state index contributed by atoms with van der Waals surface area (Å²) in [5.41, 5.74) is 1.14. The molecule has 1 saturated heterocycles. The fourth-order valence-corrected chi connectivity index (χ4v) is 5.54. The van der Waals surface area contributed by atoms with Crippen LogP contribution < -0.4 is 0 Å². The van der Waals surface area contributed by atoms with Gasteiger partial charge in [-0.3, -0.25) is 0 Å². The minimum absolute atomic E-state index is 0.565. The highest BCUT2D eigenvalue weighted by atomic mass is 16.5. The van der Waals surface area contributed by atoms with E-state index < -0.39 is 0 Å². The van der Waals surface area contributed by atoms with Crippen molar-refractivity contribution in [1.82, 2.24) is 0 Å². The molecular formula is C16H28O. The Kier molecular flexibility index (Phi) is 2.81. The molecule has 17 heavy (non-hydrogen) atoms. The highest BCUT2D eigenvalue weighted by Crippen LogP contribution is 2.61. The highest BCUT2D eigenvalue weighted by Gasteiger charge is 2.55. The molecule has 0 amide bonds. The minimum Gasteiger partial charge on any atom is -0.378 e. The first-order valence-corrected chi connectivity index (χ1v) is 7.66. The SMILES string of the molecule is CC1(C)CCCC2(C)C3CCCOC3CCC12. The predicted octanol–water partition coefficient (Wildman–Crippen LogP) is 4.41. The van der Waals surface area contributed by atoms with Crippen molar-refractivity contribution in [2.45, 2.75) is 71.8 Å². The standard InChI is InChI=1S/C16H28O/c1-15(2)9-5-10-16(3)12-6-4-11-17-13(12)7-8-14(15)16/h12-14H,4-11H2,1-3H3. The fourth-order valence-electron chi connectivity index (χ4n) is 5.54. The first-order valence-electron chi connectivity index (χ1n) is 7.66. The van der Waals surface area contributed by atoms with Crippen LogP contribution in [0, 0.1) is 22.7 Å². The largest absolute Gasteiger partial charge is 0.378 e. The molecule has 0 radical (unpaired) electrons. The Morgan fingerprint density at radius 3 is 2.59 bits per heavy atom. The van der Waals surface area contributed by atoms with Crippen LogP contribution in [0.5, 0.6) is 0 Å². The lowest BCUT2D eigenvalue weighted by Crippen LogP contribution is -2.54. The van der Waals surface area contributed by atoms with E-state index in [9.17, 15) is 0 Å². The van der Waals surface area contributed by atoms with E-state index in [0.29, 0.717) is 16.9 Å². The van der Waals surface area contributed by atoms with Gasteiger partial charge in [-0.2, -0.15) is 0 Å². The number of hydrogen-bond donors (Lipinski definition) is 0. The molecule has 0 spiro atoms. The molecule has 0 aromatic heterocycles. The van der Waals surface area contributed by atoms with Crippen molar-refractivity contribution in [1.29, 1.82) is 0 Å². The zero-order valence-corrected chi connectivity index (χ0v) is 11.8. The van der Waals surface area contributed by atoms with Crippen LogP contribution in [0.2, 0.25) is 0 Å². The Hall–Kier alpha value is -0.0400. The Labute approximate surface area is 106 Å². The molecule has 98 valence electrons. The van der Waals surface area contributed by atoms with Crippen LogP contribution in [0.1, 0.15) is 65.7 Å². The van der Waals surface area contributed by atoms with Crippen LogP contribution in [-0.4, -0.2) is 12.7 Å². The number of rotatable bonds is 0. The number of fused-ring (bicyclic) bond motifs is 3. The lowest BCUT2D eigenvalue weighted by Gasteiger charge is -2.60. The molecule has 4 unspecified atom stereocenters. The van der Waals surface area contributed by atoms with Crippen molar-refractivity contribution in [3.63, 3.8) is 0 Å². The topological polar surface area (TPSA) is 9.23 Å². The Bertz CT molecular complexity index is 296. The summed E-state index contributed by atoms with van der Waals surface area (Å²) in [5, 5.41) is 0. The summed E-state index contributed by atoms with van der Waals surface area (Å²) >= 11 is 0. The van der Waals surface area contributed by atoms with E-state index in [2.05, 4.69) is 20.8 Å². The zero-order valence-electron chi connectivity index (χ0n) is 11.8. The quantitative estimate of drug-likeness (QED) is 0.605. The van der Waals surface area contributed by atoms with Gasteiger partial charge in [0.05, 0.1) is 6.10 Å². The van der Waals surface area contributed by atoms with Crippen LogP contribution in [-0.2, 0) is 4.74 Å². The molecule has 1 heterocycles. The summed E-state index contributed by atoms with van der Waals surface area (Å²) in [5.74, 6) is 1.79. The maximum Gasteiger partial charge on any atom is 0.0608 e. The van der Waals surface area contributed by atoms with Crippen molar-refractivity contribution in [3.05, 3.63) is 0 Å². The second kappa shape index (κ2) is 3.98. The molecule has 4 atom stereocenters. The fraction of sp³-hybridized carbons (Fsp3) is 1.00. The molecule has 1 aliphatic heterocycles. The van der Waals surface area contributed by atoms with Gasteiger partial charge >= 0.3 is 0 Å². The first-order chi connectivity index (χ1) is 8.04. The molecule has 0 bridgehead atoms. The number of ether oxygens (including phenoxy) is 1. The Balaban J connectivity index is 1.90. The van der Waals surface area contributed by atoms with Crippen molar-refractivity contribution in [2.75, 3.05) is 6.61 Å². The Morgan fingerprint density at radius 2 is 1.76 bits per heavy atom. The van der Waals surface area contributed by atoms with Crippen LogP contribution in [0.3, 0.4) is 0 Å². The molecule has 2 saturated carbocycles. The highest BCUT2D eigenvalue weighted by molar-refractivity contribution is 5.04. The average Bonchev–Trinajstić information content (AvgIpc) is 2.28. The monoisotopic (exact) mass is 236 g/mol. The summed E-state index contributed by atoms with van der Waals surface area (Å²) in [4.78, 5) is 0. The van der Waals surface area contributed by atoms with Crippen LogP contribution in [0.4, 0.5) is 0 Å². The maximum absolute atomic E-state index is 6.06. The molecule has 3 rings (SSSR count). The van der Waals surface area contributed by atoms with E-state index >= 15 is 0 Å².